The maximum absolute atomic E-state index is 13.7. The molecule has 0 aliphatic carbocycles. The number of ether oxygens (including phenoxy) is 2. The number of likely N-dealkylation sites (tertiary alicyclic amines) is 1. The second-order valence-corrected chi connectivity index (χ2v) is 8.59. The largest absolute Gasteiger partial charge is 0.466 e. The van der Waals surface area contributed by atoms with Crippen molar-refractivity contribution in [3.63, 3.8) is 0 Å². The highest BCUT2D eigenvalue weighted by Crippen LogP contribution is 2.59. The van der Waals surface area contributed by atoms with E-state index in [-0.39, 0.29) is 18.8 Å². The zero-order chi connectivity index (χ0) is 22.1. The standard InChI is InChI=1S/C21H30NO7P/c1-5-28-30(25,29-6-2)19(21(24)27-4)17(20(23)26-3)18(22-14-10-11-15-22)16-12-8-7-9-13-16/h7-9,12-13,18H,5-6,10-11,14-15H2,1-4H3/b19-17+. The molecule has 0 radical (unpaired) electrons. The average molecular weight is 439 g/mol. The molecule has 0 spiro atoms. The fourth-order valence-corrected chi connectivity index (χ4v) is 5.45. The predicted octanol–water partition coefficient (Wildman–Crippen LogP) is 3.69. The third-order valence-corrected chi connectivity index (χ3v) is 6.97. The van der Waals surface area contributed by atoms with E-state index < -0.39 is 30.9 Å². The third-order valence-electron chi connectivity index (χ3n) is 4.81. The van der Waals surface area contributed by atoms with Crippen molar-refractivity contribution in [2.45, 2.75) is 32.7 Å². The van der Waals surface area contributed by atoms with Crippen molar-refractivity contribution >= 4 is 19.5 Å². The first-order valence-corrected chi connectivity index (χ1v) is 11.6. The molecule has 166 valence electrons. The molecule has 0 saturated carbocycles. The first kappa shape index (κ1) is 24.3. The van der Waals surface area contributed by atoms with E-state index in [1.807, 2.05) is 30.3 Å². The lowest BCUT2D eigenvalue weighted by Gasteiger charge is -2.31. The van der Waals surface area contributed by atoms with Gasteiger partial charge in [-0.3, -0.25) is 9.46 Å². The van der Waals surface area contributed by atoms with Crippen LogP contribution < -0.4 is 0 Å². The molecular formula is C21H30NO7P. The Kier molecular flexibility index (Phi) is 9.24. The molecule has 1 aromatic rings. The van der Waals surface area contributed by atoms with Crippen molar-refractivity contribution in [3.8, 4) is 0 Å². The van der Waals surface area contributed by atoms with E-state index in [9.17, 15) is 14.2 Å². The Morgan fingerprint density at radius 1 is 0.967 bits per heavy atom. The van der Waals surface area contributed by atoms with Gasteiger partial charge < -0.3 is 18.5 Å². The molecule has 1 atom stereocenters. The summed E-state index contributed by atoms with van der Waals surface area (Å²) in [5.41, 5.74) is 0.684. The summed E-state index contributed by atoms with van der Waals surface area (Å²) >= 11 is 0. The summed E-state index contributed by atoms with van der Waals surface area (Å²) in [7, 11) is -1.78. The molecule has 1 aromatic carbocycles. The number of carbonyl (C=O) groups excluding carboxylic acids is 2. The minimum atomic E-state index is -4.16. The van der Waals surface area contributed by atoms with Gasteiger partial charge in [0.2, 0.25) is 0 Å². The maximum Gasteiger partial charge on any atom is 0.369 e. The van der Waals surface area contributed by atoms with Crippen molar-refractivity contribution in [1.82, 2.24) is 4.90 Å². The molecule has 1 fully saturated rings. The number of hydrogen-bond acceptors (Lipinski definition) is 8. The summed E-state index contributed by atoms with van der Waals surface area (Å²) in [6.45, 7) is 4.73. The van der Waals surface area contributed by atoms with Crippen molar-refractivity contribution in [2.24, 2.45) is 0 Å². The average Bonchev–Trinajstić information content (AvgIpc) is 3.28. The second kappa shape index (κ2) is 11.4. The highest BCUT2D eigenvalue weighted by Gasteiger charge is 2.45. The lowest BCUT2D eigenvalue weighted by atomic mass is 9.96. The van der Waals surface area contributed by atoms with Crippen LogP contribution in [0.5, 0.6) is 0 Å². The lowest BCUT2D eigenvalue weighted by molar-refractivity contribution is -0.139. The van der Waals surface area contributed by atoms with E-state index in [4.69, 9.17) is 18.5 Å². The topological polar surface area (TPSA) is 91.4 Å². The van der Waals surface area contributed by atoms with Gasteiger partial charge in [0.15, 0.2) is 5.31 Å². The highest BCUT2D eigenvalue weighted by atomic mass is 31.2. The van der Waals surface area contributed by atoms with Crippen LogP contribution in [0.3, 0.4) is 0 Å². The van der Waals surface area contributed by atoms with Crippen LogP contribution in [0.25, 0.3) is 0 Å². The van der Waals surface area contributed by atoms with Gasteiger partial charge in [0.1, 0.15) is 0 Å². The van der Waals surface area contributed by atoms with Crippen LogP contribution >= 0.6 is 7.60 Å². The maximum atomic E-state index is 13.7. The minimum absolute atomic E-state index is 0.0198. The second-order valence-electron chi connectivity index (χ2n) is 6.63. The first-order chi connectivity index (χ1) is 14.4. The molecule has 9 heteroatoms. The molecular weight excluding hydrogens is 409 g/mol. The van der Waals surface area contributed by atoms with E-state index in [0.29, 0.717) is 13.1 Å². The van der Waals surface area contributed by atoms with Crippen LogP contribution in [-0.2, 0) is 32.7 Å². The monoisotopic (exact) mass is 439 g/mol. The minimum Gasteiger partial charge on any atom is -0.466 e. The summed E-state index contributed by atoms with van der Waals surface area (Å²) in [6, 6.07) is 8.59. The van der Waals surface area contributed by atoms with E-state index in [1.54, 1.807) is 13.8 Å². The third kappa shape index (κ3) is 5.38. The number of hydrogen-bond donors (Lipinski definition) is 0. The van der Waals surface area contributed by atoms with Crippen molar-refractivity contribution in [3.05, 3.63) is 46.8 Å². The molecule has 1 aliphatic rings. The molecule has 1 heterocycles. The SMILES string of the molecule is CCOP(=O)(OCC)/C(C(=O)OC)=C(/C(=O)OC)C(c1ccccc1)N1CCCC1. The normalized spacial score (nSPS) is 16.7. The van der Waals surface area contributed by atoms with E-state index in [0.717, 1.165) is 25.5 Å². The fourth-order valence-electron chi connectivity index (χ4n) is 3.62. The van der Waals surface area contributed by atoms with Gasteiger partial charge in [-0.05, 0) is 45.3 Å². The van der Waals surface area contributed by atoms with Crippen LogP contribution in [0, 0.1) is 0 Å². The molecule has 0 aromatic heterocycles. The Bertz CT molecular complexity index is 793. The Balaban J connectivity index is 2.86. The molecule has 30 heavy (non-hydrogen) atoms. The summed E-state index contributed by atoms with van der Waals surface area (Å²) in [5, 5.41) is -0.415. The summed E-state index contributed by atoms with van der Waals surface area (Å²) in [5.74, 6) is -1.73. The molecule has 1 unspecified atom stereocenters. The molecule has 1 saturated heterocycles. The molecule has 8 nitrogen and oxygen atoms in total. The van der Waals surface area contributed by atoms with Gasteiger partial charge in [-0.1, -0.05) is 30.3 Å². The van der Waals surface area contributed by atoms with Crippen molar-refractivity contribution < 1.29 is 32.7 Å². The number of esters is 2. The number of nitrogens with zero attached hydrogens (tertiary/aromatic N) is 1. The number of carbonyl (C=O) groups is 2. The Morgan fingerprint density at radius 2 is 1.50 bits per heavy atom. The Hall–Kier alpha value is -1.99. The predicted molar refractivity (Wildman–Crippen MR) is 112 cm³/mol. The molecule has 0 N–H and O–H groups in total. The lowest BCUT2D eigenvalue weighted by Crippen LogP contribution is -2.32. The summed E-state index contributed by atoms with van der Waals surface area (Å²) < 4.78 is 34.5. The van der Waals surface area contributed by atoms with Crippen LogP contribution in [0.4, 0.5) is 0 Å². The number of methoxy groups -OCH3 is 2. The Morgan fingerprint density at radius 3 is 1.97 bits per heavy atom. The van der Waals surface area contributed by atoms with Crippen LogP contribution in [-0.4, -0.2) is 57.4 Å². The van der Waals surface area contributed by atoms with Crippen LogP contribution in [0.1, 0.15) is 38.3 Å². The van der Waals surface area contributed by atoms with Gasteiger partial charge >= 0.3 is 19.5 Å². The van der Waals surface area contributed by atoms with Gasteiger partial charge in [-0.25, -0.2) is 9.59 Å². The van der Waals surface area contributed by atoms with E-state index in [1.165, 1.54) is 7.11 Å². The molecule has 0 bridgehead atoms. The summed E-state index contributed by atoms with van der Waals surface area (Å²) in [4.78, 5) is 28.0. The van der Waals surface area contributed by atoms with Gasteiger partial charge in [0.25, 0.3) is 0 Å². The Labute approximate surface area is 177 Å². The van der Waals surface area contributed by atoms with Gasteiger partial charge in [-0.2, -0.15) is 0 Å². The van der Waals surface area contributed by atoms with Gasteiger partial charge in [0, 0.05) is 0 Å². The highest BCUT2D eigenvalue weighted by molar-refractivity contribution is 7.60. The van der Waals surface area contributed by atoms with E-state index in [2.05, 4.69) is 4.90 Å². The van der Waals surface area contributed by atoms with Crippen molar-refractivity contribution in [2.75, 3.05) is 40.5 Å². The zero-order valence-corrected chi connectivity index (χ0v) is 18.9. The zero-order valence-electron chi connectivity index (χ0n) is 18.0. The van der Waals surface area contributed by atoms with Gasteiger partial charge in [-0.15, -0.1) is 0 Å². The van der Waals surface area contributed by atoms with Crippen LogP contribution in [0.2, 0.25) is 0 Å². The fraction of sp³-hybridized carbons (Fsp3) is 0.524. The summed E-state index contributed by atoms with van der Waals surface area (Å²) in [6.07, 6.45) is 1.89. The quantitative estimate of drug-likeness (QED) is 0.310. The number of benzene rings is 1. The van der Waals surface area contributed by atoms with Crippen LogP contribution in [0.15, 0.2) is 41.2 Å². The molecule has 0 amide bonds. The smallest absolute Gasteiger partial charge is 0.369 e. The van der Waals surface area contributed by atoms with E-state index >= 15 is 0 Å². The number of rotatable bonds is 10. The molecule has 2 rings (SSSR count). The van der Waals surface area contributed by atoms with Gasteiger partial charge in [0.05, 0.1) is 39.0 Å². The van der Waals surface area contributed by atoms with Crippen molar-refractivity contribution in [1.29, 1.82) is 0 Å². The first-order valence-electron chi connectivity index (χ1n) is 10.0. The molecule has 1 aliphatic heterocycles.